The molecule has 0 saturated carbocycles. The molecule has 1 saturated heterocycles. The molecule has 0 radical (unpaired) electrons. The lowest BCUT2D eigenvalue weighted by atomic mass is 9.99. The van der Waals surface area contributed by atoms with Crippen LogP contribution >= 0.6 is 0 Å². The number of hydrogen-bond acceptors (Lipinski definition) is 3. The van der Waals surface area contributed by atoms with E-state index in [4.69, 9.17) is 4.74 Å². The Hall–Kier alpha value is -1.39. The first-order valence-electron chi connectivity index (χ1n) is 6.87. The van der Waals surface area contributed by atoms with E-state index in [9.17, 15) is 4.79 Å². The molecule has 0 bridgehead atoms. The molecule has 0 spiro atoms. The number of amides is 1. The average molecular weight is 262 g/mol. The zero-order valence-corrected chi connectivity index (χ0v) is 11.4. The van der Waals surface area contributed by atoms with Gasteiger partial charge in [-0.2, -0.15) is 0 Å². The van der Waals surface area contributed by atoms with Gasteiger partial charge in [-0.1, -0.05) is 18.2 Å². The Morgan fingerprint density at radius 1 is 1.47 bits per heavy atom. The van der Waals surface area contributed by atoms with Gasteiger partial charge in [-0.05, 0) is 43.5 Å². The van der Waals surface area contributed by atoms with Crippen molar-refractivity contribution in [3.8, 4) is 0 Å². The highest BCUT2D eigenvalue weighted by atomic mass is 16.5. The quantitative estimate of drug-likeness (QED) is 0.846. The standard InChI is InChI=1S/C15H22N2O2/c1-19-11-13-6-2-3-7-14(13)15(18)17-10-12-5-4-8-16-9-12/h2-3,6-7,12,16H,4-5,8-11H2,1H3,(H,17,18). The minimum absolute atomic E-state index is 0.00164. The summed E-state index contributed by atoms with van der Waals surface area (Å²) in [6.07, 6.45) is 2.38. The Morgan fingerprint density at radius 2 is 2.32 bits per heavy atom. The van der Waals surface area contributed by atoms with Crippen molar-refractivity contribution in [1.82, 2.24) is 10.6 Å². The van der Waals surface area contributed by atoms with Gasteiger partial charge in [0.05, 0.1) is 6.61 Å². The van der Waals surface area contributed by atoms with E-state index in [0.29, 0.717) is 18.1 Å². The summed E-state index contributed by atoms with van der Waals surface area (Å²) in [4.78, 5) is 12.2. The number of ether oxygens (including phenoxy) is 1. The number of piperidine rings is 1. The molecule has 1 aliphatic rings. The summed E-state index contributed by atoms with van der Waals surface area (Å²) in [5, 5.41) is 6.39. The number of carbonyl (C=O) groups excluding carboxylic acids is 1. The van der Waals surface area contributed by atoms with Crippen molar-refractivity contribution in [3.05, 3.63) is 35.4 Å². The van der Waals surface area contributed by atoms with Crippen LogP contribution in [0.3, 0.4) is 0 Å². The molecule has 1 aromatic rings. The topological polar surface area (TPSA) is 50.4 Å². The normalized spacial score (nSPS) is 19.1. The molecule has 4 nitrogen and oxygen atoms in total. The SMILES string of the molecule is COCc1ccccc1C(=O)NCC1CCCNC1. The molecular formula is C15H22N2O2. The minimum atomic E-state index is -0.00164. The zero-order chi connectivity index (χ0) is 13.5. The third-order valence-corrected chi connectivity index (χ3v) is 3.51. The molecule has 0 aromatic heterocycles. The van der Waals surface area contributed by atoms with Gasteiger partial charge < -0.3 is 15.4 Å². The fourth-order valence-electron chi connectivity index (χ4n) is 2.45. The maximum absolute atomic E-state index is 12.2. The van der Waals surface area contributed by atoms with E-state index in [0.717, 1.165) is 25.2 Å². The van der Waals surface area contributed by atoms with Gasteiger partial charge in [-0.15, -0.1) is 0 Å². The smallest absolute Gasteiger partial charge is 0.251 e. The number of nitrogens with one attached hydrogen (secondary N) is 2. The third-order valence-electron chi connectivity index (χ3n) is 3.51. The van der Waals surface area contributed by atoms with Crippen molar-refractivity contribution in [1.29, 1.82) is 0 Å². The lowest BCUT2D eigenvalue weighted by Gasteiger charge is -2.23. The second kappa shape index (κ2) is 7.26. The molecule has 2 rings (SSSR count). The van der Waals surface area contributed by atoms with Crippen LogP contribution in [0.2, 0.25) is 0 Å². The van der Waals surface area contributed by atoms with Crippen molar-refractivity contribution in [2.45, 2.75) is 19.4 Å². The summed E-state index contributed by atoms with van der Waals surface area (Å²) in [5.41, 5.74) is 1.65. The summed E-state index contributed by atoms with van der Waals surface area (Å²) in [7, 11) is 1.64. The molecule has 2 N–H and O–H groups in total. The van der Waals surface area contributed by atoms with Gasteiger partial charge in [0.25, 0.3) is 5.91 Å². The van der Waals surface area contributed by atoms with Gasteiger partial charge in [-0.3, -0.25) is 4.79 Å². The van der Waals surface area contributed by atoms with Crippen LogP contribution in [0, 0.1) is 5.92 Å². The molecule has 4 heteroatoms. The molecule has 1 unspecified atom stereocenters. The maximum Gasteiger partial charge on any atom is 0.251 e. The summed E-state index contributed by atoms with van der Waals surface area (Å²) in [6, 6.07) is 7.59. The van der Waals surface area contributed by atoms with E-state index in [1.54, 1.807) is 7.11 Å². The van der Waals surface area contributed by atoms with E-state index < -0.39 is 0 Å². The molecule has 1 heterocycles. The Bertz CT molecular complexity index is 414. The predicted octanol–water partition coefficient (Wildman–Crippen LogP) is 1.56. The highest BCUT2D eigenvalue weighted by Gasteiger charge is 2.15. The Labute approximate surface area is 114 Å². The molecule has 1 aliphatic heterocycles. The van der Waals surface area contributed by atoms with Crippen LogP contribution in [-0.2, 0) is 11.3 Å². The summed E-state index contributed by atoms with van der Waals surface area (Å²) >= 11 is 0. The number of methoxy groups -OCH3 is 1. The van der Waals surface area contributed by atoms with E-state index >= 15 is 0 Å². The van der Waals surface area contributed by atoms with Crippen molar-refractivity contribution < 1.29 is 9.53 Å². The molecule has 0 aliphatic carbocycles. The first-order chi connectivity index (χ1) is 9.31. The van der Waals surface area contributed by atoms with Crippen LogP contribution in [0.15, 0.2) is 24.3 Å². The van der Waals surface area contributed by atoms with Gasteiger partial charge in [-0.25, -0.2) is 0 Å². The Morgan fingerprint density at radius 3 is 3.05 bits per heavy atom. The van der Waals surface area contributed by atoms with Gasteiger partial charge in [0, 0.05) is 19.2 Å². The fraction of sp³-hybridized carbons (Fsp3) is 0.533. The van der Waals surface area contributed by atoms with E-state index in [-0.39, 0.29) is 5.91 Å². The summed E-state index contributed by atoms with van der Waals surface area (Å²) in [6.45, 7) is 3.31. The van der Waals surface area contributed by atoms with Crippen LogP contribution < -0.4 is 10.6 Å². The Kier molecular flexibility index (Phi) is 5.36. The zero-order valence-electron chi connectivity index (χ0n) is 11.4. The predicted molar refractivity (Wildman–Crippen MR) is 75.1 cm³/mol. The molecule has 1 aromatic carbocycles. The molecule has 1 amide bonds. The summed E-state index contributed by atoms with van der Waals surface area (Å²) in [5.74, 6) is 0.547. The van der Waals surface area contributed by atoms with Crippen LogP contribution in [0.5, 0.6) is 0 Å². The van der Waals surface area contributed by atoms with Crippen molar-refractivity contribution in [3.63, 3.8) is 0 Å². The second-order valence-corrected chi connectivity index (χ2v) is 5.01. The van der Waals surface area contributed by atoms with E-state index in [1.165, 1.54) is 12.8 Å². The lowest BCUT2D eigenvalue weighted by Crippen LogP contribution is -2.38. The number of hydrogen-bond donors (Lipinski definition) is 2. The molecule has 19 heavy (non-hydrogen) atoms. The lowest BCUT2D eigenvalue weighted by molar-refractivity contribution is 0.0940. The van der Waals surface area contributed by atoms with Crippen molar-refractivity contribution in [2.24, 2.45) is 5.92 Å². The fourth-order valence-corrected chi connectivity index (χ4v) is 2.45. The largest absolute Gasteiger partial charge is 0.380 e. The third kappa shape index (κ3) is 4.04. The van der Waals surface area contributed by atoms with Crippen molar-refractivity contribution in [2.75, 3.05) is 26.7 Å². The minimum Gasteiger partial charge on any atom is -0.380 e. The van der Waals surface area contributed by atoms with E-state index in [2.05, 4.69) is 10.6 Å². The maximum atomic E-state index is 12.2. The molecular weight excluding hydrogens is 240 g/mol. The molecule has 1 fully saturated rings. The summed E-state index contributed by atoms with van der Waals surface area (Å²) < 4.78 is 5.12. The average Bonchev–Trinajstić information content (AvgIpc) is 2.47. The van der Waals surface area contributed by atoms with Crippen LogP contribution in [-0.4, -0.2) is 32.7 Å². The second-order valence-electron chi connectivity index (χ2n) is 5.01. The monoisotopic (exact) mass is 262 g/mol. The number of carbonyl (C=O) groups is 1. The van der Waals surface area contributed by atoms with Crippen LogP contribution in [0.25, 0.3) is 0 Å². The first-order valence-corrected chi connectivity index (χ1v) is 6.87. The van der Waals surface area contributed by atoms with Gasteiger partial charge in [0.1, 0.15) is 0 Å². The Balaban J connectivity index is 1.91. The number of benzene rings is 1. The number of rotatable bonds is 5. The first kappa shape index (κ1) is 14.0. The van der Waals surface area contributed by atoms with Gasteiger partial charge in [0.15, 0.2) is 0 Å². The molecule has 1 atom stereocenters. The van der Waals surface area contributed by atoms with Crippen molar-refractivity contribution >= 4 is 5.91 Å². The molecule has 104 valence electrons. The van der Waals surface area contributed by atoms with Gasteiger partial charge in [0.2, 0.25) is 0 Å². The van der Waals surface area contributed by atoms with E-state index in [1.807, 2.05) is 24.3 Å². The van der Waals surface area contributed by atoms with Crippen LogP contribution in [0.4, 0.5) is 0 Å². The highest BCUT2D eigenvalue weighted by Crippen LogP contribution is 2.11. The highest BCUT2D eigenvalue weighted by molar-refractivity contribution is 5.95. The van der Waals surface area contributed by atoms with Crippen LogP contribution in [0.1, 0.15) is 28.8 Å². The van der Waals surface area contributed by atoms with Gasteiger partial charge >= 0.3 is 0 Å².